The van der Waals surface area contributed by atoms with Crippen molar-refractivity contribution in [3.63, 3.8) is 0 Å². The second kappa shape index (κ2) is 15.8. The van der Waals surface area contributed by atoms with Crippen LogP contribution < -0.4 is 35.6 Å². The molecule has 0 radical (unpaired) electrons. The number of carbonyl (C=O) groups excluding carboxylic acids is 3. The van der Waals surface area contributed by atoms with Gasteiger partial charge in [-0.05, 0) is 87.3 Å². The molecule has 2 aromatic rings. The van der Waals surface area contributed by atoms with Gasteiger partial charge in [-0.25, -0.2) is 4.79 Å². The summed E-state index contributed by atoms with van der Waals surface area (Å²) < 4.78 is 22.6. The Morgan fingerprint density at radius 2 is 1.63 bits per heavy atom. The Morgan fingerprint density at radius 1 is 0.959 bits per heavy atom. The maximum Gasteiger partial charge on any atom is 0.407 e. The van der Waals surface area contributed by atoms with E-state index in [0.29, 0.717) is 73.6 Å². The molecule has 0 spiro atoms. The van der Waals surface area contributed by atoms with Crippen LogP contribution in [-0.2, 0) is 20.7 Å². The number of piperidine rings is 1. The molecule has 1 saturated heterocycles. The van der Waals surface area contributed by atoms with Crippen molar-refractivity contribution >= 4 is 23.6 Å². The van der Waals surface area contributed by atoms with Gasteiger partial charge in [0.25, 0.3) is 0 Å². The Balaban J connectivity index is 1.69. The number of amides is 3. The van der Waals surface area contributed by atoms with Crippen LogP contribution in [0.25, 0.3) is 11.1 Å². The van der Waals surface area contributed by atoms with E-state index in [1.807, 2.05) is 46.8 Å². The number of hydrogen-bond donors (Lipinski definition) is 3. The molecule has 1 fully saturated rings. The Bertz CT molecular complexity index is 1600. The third-order valence-corrected chi connectivity index (χ3v) is 9.23. The van der Waals surface area contributed by atoms with E-state index in [1.165, 1.54) is 6.92 Å². The van der Waals surface area contributed by atoms with E-state index >= 15 is 0 Å². The predicted octanol–water partition coefficient (Wildman–Crippen LogP) is 5.21. The highest BCUT2D eigenvalue weighted by Gasteiger charge is 2.34. The highest BCUT2D eigenvalue weighted by atomic mass is 16.6. The largest absolute Gasteiger partial charge is 0.493 e. The lowest BCUT2D eigenvalue weighted by Gasteiger charge is -2.36. The minimum atomic E-state index is -0.660. The topological polar surface area (TPSA) is 145 Å². The second-order valence-corrected chi connectivity index (χ2v) is 13.8. The van der Waals surface area contributed by atoms with Crippen molar-refractivity contribution < 1.29 is 33.3 Å². The molecule has 0 saturated carbocycles. The van der Waals surface area contributed by atoms with Crippen molar-refractivity contribution in [2.45, 2.75) is 97.4 Å². The van der Waals surface area contributed by atoms with Crippen molar-refractivity contribution in [1.82, 2.24) is 15.5 Å². The summed E-state index contributed by atoms with van der Waals surface area (Å²) in [4.78, 5) is 54.4. The zero-order valence-electron chi connectivity index (χ0n) is 30.3. The van der Waals surface area contributed by atoms with Crippen molar-refractivity contribution in [1.29, 1.82) is 0 Å². The van der Waals surface area contributed by atoms with Crippen LogP contribution in [0.3, 0.4) is 0 Å². The molecular formula is C37H52N4O8. The van der Waals surface area contributed by atoms with Crippen LogP contribution in [0.5, 0.6) is 17.2 Å². The second-order valence-electron chi connectivity index (χ2n) is 13.8. The molecule has 1 aliphatic heterocycles. The molecule has 1 aliphatic carbocycles. The molecule has 0 aromatic heterocycles. The first-order chi connectivity index (χ1) is 23.2. The highest BCUT2D eigenvalue weighted by Crippen LogP contribution is 2.50. The monoisotopic (exact) mass is 680 g/mol. The molecular weight excluding hydrogens is 628 g/mol. The first-order valence-electron chi connectivity index (χ1n) is 17.0. The quantitative estimate of drug-likeness (QED) is 0.308. The summed E-state index contributed by atoms with van der Waals surface area (Å²) in [5.41, 5.74) is 2.40. The molecule has 2 aromatic carbocycles. The molecule has 3 amide bonds. The zero-order valence-corrected chi connectivity index (χ0v) is 30.3. The number of anilines is 1. The van der Waals surface area contributed by atoms with Gasteiger partial charge in [0.2, 0.25) is 23.0 Å². The third-order valence-electron chi connectivity index (χ3n) is 9.23. The van der Waals surface area contributed by atoms with Gasteiger partial charge in [0.1, 0.15) is 11.6 Å². The normalized spacial score (nSPS) is 17.3. The van der Waals surface area contributed by atoms with Gasteiger partial charge in [0, 0.05) is 31.6 Å². The molecule has 1 heterocycles. The maximum absolute atomic E-state index is 14.0. The number of fused-ring (bicyclic) bond motifs is 3. The van der Waals surface area contributed by atoms with Gasteiger partial charge in [-0.2, -0.15) is 0 Å². The lowest BCUT2D eigenvalue weighted by atomic mass is 9.95. The fourth-order valence-corrected chi connectivity index (χ4v) is 6.59. The van der Waals surface area contributed by atoms with Crippen LogP contribution in [0, 0.1) is 5.92 Å². The van der Waals surface area contributed by atoms with Gasteiger partial charge in [-0.1, -0.05) is 26.3 Å². The third kappa shape index (κ3) is 8.76. The minimum absolute atomic E-state index is 0.0856. The Morgan fingerprint density at radius 3 is 2.20 bits per heavy atom. The van der Waals surface area contributed by atoms with Crippen molar-refractivity contribution in [3.05, 3.63) is 45.6 Å². The molecule has 268 valence electrons. The number of aryl methyl sites for hydroxylation is 1. The number of ether oxygens (including phenoxy) is 4. The van der Waals surface area contributed by atoms with Crippen molar-refractivity contribution in [2.24, 2.45) is 5.92 Å². The maximum atomic E-state index is 14.0. The van der Waals surface area contributed by atoms with Crippen LogP contribution in [0.4, 0.5) is 10.5 Å². The number of nitrogens with one attached hydrogen (secondary N) is 3. The number of hydrogen-bond acceptors (Lipinski definition) is 9. The molecule has 12 nitrogen and oxygen atoms in total. The summed E-state index contributed by atoms with van der Waals surface area (Å²) in [6.45, 7) is 11.8. The Labute approximate surface area is 289 Å². The number of benzene rings is 1. The zero-order chi connectivity index (χ0) is 36.0. The van der Waals surface area contributed by atoms with Gasteiger partial charge >= 0.3 is 6.09 Å². The van der Waals surface area contributed by atoms with Gasteiger partial charge < -0.3 is 39.8 Å². The van der Waals surface area contributed by atoms with Crippen molar-refractivity contribution in [3.8, 4) is 28.4 Å². The molecule has 0 bridgehead atoms. The molecule has 2 aliphatic rings. The first-order valence-corrected chi connectivity index (χ1v) is 17.0. The van der Waals surface area contributed by atoms with E-state index in [1.54, 1.807) is 38.4 Å². The standard InChI is InChI=1S/C37H52N4O8/c1-10-21(2)32(35(44)41-17-15-24(16-18-41)39-36(45)49-37(4,5)6)40-28-14-12-25-26(20-29(28)43)27(38-22(3)42)13-11-23-19-30(46-7)33(47-8)34(48-9)31(23)25/h12,14,19-21,24,27,32H,10-11,13,15-18H2,1-9H3,(H,38,42)(H,39,45)(H,40,43)/t21-,27-,32+/m0/s1. The Hall–Kier alpha value is -4.48. The molecule has 3 atom stereocenters. The molecule has 3 N–H and O–H groups in total. The van der Waals surface area contributed by atoms with Gasteiger partial charge in [-0.3, -0.25) is 14.4 Å². The van der Waals surface area contributed by atoms with Crippen LogP contribution >= 0.6 is 0 Å². The Kier molecular flexibility index (Phi) is 12.1. The fourth-order valence-electron chi connectivity index (χ4n) is 6.59. The average Bonchev–Trinajstić information content (AvgIpc) is 3.29. The minimum Gasteiger partial charge on any atom is -0.493 e. The number of likely N-dealkylation sites (tertiary alicyclic amines) is 1. The van der Waals surface area contributed by atoms with E-state index < -0.39 is 23.8 Å². The number of carbonyl (C=O) groups is 3. The summed E-state index contributed by atoms with van der Waals surface area (Å²) in [5.74, 6) is 1.01. The van der Waals surface area contributed by atoms with E-state index in [2.05, 4.69) is 16.0 Å². The number of nitrogens with zero attached hydrogens (tertiary/aromatic N) is 1. The highest BCUT2D eigenvalue weighted by molar-refractivity contribution is 5.86. The lowest BCUT2D eigenvalue weighted by Crippen LogP contribution is -2.52. The van der Waals surface area contributed by atoms with Crippen molar-refractivity contribution in [2.75, 3.05) is 39.7 Å². The molecule has 12 heteroatoms. The molecule has 4 rings (SSSR count). The number of alkyl carbamates (subject to hydrolysis) is 1. The lowest BCUT2D eigenvalue weighted by molar-refractivity contribution is -0.134. The molecule has 0 unspecified atom stereocenters. The van der Waals surface area contributed by atoms with E-state index in [9.17, 15) is 19.2 Å². The summed E-state index contributed by atoms with van der Waals surface area (Å²) in [7, 11) is 4.66. The van der Waals surface area contributed by atoms with Crippen LogP contribution in [0.15, 0.2) is 29.1 Å². The van der Waals surface area contributed by atoms with Crippen LogP contribution in [0.1, 0.15) is 84.4 Å². The smallest absolute Gasteiger partial charge is 0.407 e. The van der Waals surface area contributed by atoms with E-state index in [0.717, 1.165) is 11.1 Å². The van der Waals surface area contributed by atoms with Gasteiger partial charge in [0.15, 0.2) is 11.5 Å². The number of methoxy groups -OCH3 is 3. The van der Waals surface area contributed by atoms with Gasteiger partial charge in [-0.15, -0.1) is 0 Å². The summed E-state index contributed by atoms with van der Waals surface area (Å²) in [6, 6.07) is 5.81. The average molecular weight is 681 g/mol. The fraction of sp³-hybridized carbons (Fsp3) is 0.568. The first kappa shape index (κ1) is 37.3. The summed E-state index contributed by atoms with van der Waals surface area (Å²) in [5, 5.41) is 9.26. The predicted molar refractivity (Wildman–Crippen MR) is 189 cm³/mol. The number of rotatable bonds is 10. The summed E-state index contributed by atoms with van der Waals surface area (Å²) >= 11 is 0. The summed E-state index contributed by atoms with van der Waals surface area (Å²) in [6.07, 6.45) is 2.56. The van der Waals surface area contributed by atoms with E-state index in [-0.39, 0.29) is 34.9 Å². The van der Waals surface area contributed by atoms with Gasteiger partial charge in [0.05, 0.1) is 33.1 Å². The van der Waals surface area contributed by atoms with E-state index in [4.69, 9.17) is 18.9 Å². The SMILES string of the molecule is CC[C@H](C)[C@@H](Nc1ccc2c(cc1=O)[C@@H](NC(C)=O)CCc1cc(OC)c(OC)c(OC)c1-2)C(=O)N1CCC(NC(=O)OC(C)(C)C)CC1. The molecule has 49 heavy (non-hydrogen) atoms. The van der Waals surface area contributed by atoms with Crippen LogP contribution in [0.2, 0.25) is 0 Å². The van der Waals surface area contributed by atoms with Crippen LogP contribution in [-0.4, -0.2) is 74.9 Å².